The molecule has 0 unspecified atom stereocenters. The van der Waals surface area contributed by atoms with Crippen LogP contribution in [0.15, 0.2) is 54.6 Å². The van der Waals surface area contributed by atoms with Gasteiger partial charge in [-0.15, -0.1) is 0 Å². The number of non-ortho nitro benzene ring substituents is 1. The van der Waals surface area contributed by atoms with E-state index in [1.807, 2.05) is 24.3 Å². The van der Waals surface area contributed by atoms with E-state index >= 15 is 0 Å². The number of hydrogen-bond acceptors (Lipinski definition) is 4. The SMILES string of the molecule is CC(=O)c1ccc2c(c1)[C@H]1C=CC[C@@H]1[C@H](c1cccc([N+](=O)[O-])c1)N2. The molecule has 0 fully saturated rings. The number of rotatable bonds is 3. The van der Waals surface area contributed by atoms with Crippen molar-refractivity contribution in [3.8, 4) is 0 Å². The molecule has 1 N–H and O–H groups in total. The fraction of sp³-hybridized carbons (Fsp3) is 0.250. The molecule has 2 aromatic carbocycles. The van der Waals surface area contributed by atoms with Crippen LogP contribution < -0.4 is 5.32 Å². The molecule has 25 heavy (non-hydrogen) atoms. The lowest BCUT2D eigenvalue weighted by molar-refractivity contribution is -0.384. The molecule has 0 amide bonds. The predicted molar refractivity (Wildman–Crippen MR) is 95.9 cm³/mol. The summed E-state index contributed by atoms with van der Waals surface area (Å²) >= 11 is 0. The molecular weight excluding hydrogens is 316 g/mol. The minimum Gasteiger partial charge on any atom is -0.378 e. The number of nitro groups is 1. The summed E-state index contributed by atoms with van der Waals surface area (Å²) in [6.07, 6.45) is 5.27. The molecule has 0 radical (unpaired) electrons. The van der Waals surface area contributed by atoms with E-state index in [1.54, 1.807) is 19.1 Å². The van der Waals surface area contributed by atoms with Crippen molar-refractivity contribution in [2.24, 2.45) is 5.92 Å². The molecule has 1 aliphatic carbocycles. The maximum absolute atomic E-state index is 11.7. The van der Waals surface area contributed by atoms with Gasteiger partial charge in [-0.2, -0.15) is 0 Å². The number of carbonyl (C=O) groups is 1. The van der Waals surface area contributed by atoms with E-state index in [9.17, 15) is 14.9 Å². The second-order valence-electron chi connectivity index (χ2n) is 6.69. The highest BCUT2D eigenvalue weighted by Crippen LogP contribution is 2.50. The lowest BCUT2D eigenvalue weighted by Crippen LogP contribution is -2.29. The lowest BCUT2D eigenvalue weighted by atomic mass is 9.76. The molecule has 2 aromatic rings. The summed E-state index contributed by atoms with van der Waals surface area (Å²) in [7, 11) is 0. The van der Waals surface area contributed by atoms with E-state index in [0.717, 1.165) is 23.2 Å². The number of ketones is 1. The zero-order chi connectivity index (χ0) is 17.6. The molecule has 0 saturated carbocycles. The Morgan fingerprint density at radius 1 is 1.24 bits per heavy atom. The van der Waals surface area contributed by atoms with E-state index in [1.165, 1.54) is 6.07 Å². The number of nitrogens with one attached hydrogen (secondary N) is 1. The minimum absolute atomic E-state index is 0.00979. The zero-order valence-corrected chi connectivity index (χ0v) is 13.8. The zero-order valence-electron chi connectivity index (χ0n) is 13.8. The molecule has 1 heterocycles. The van der Waals surface area contributed by atoms with Gasteiger partial charge in [0.2, 0.25) is 0 Å². The van der Waals surface area contributed by atoms with Crippen molar-refractivity contribution in [3.63, 3.8) is 0 Å². The molecule has 126 valence electrons. The van der Waals surface area contributed by atoms with Crippen LogP contribution in [0.4, 0.5) is 11.4 Å². The average molecular weight is 334 g/mol. The summed E-state index contributed by atoms with van der Waals surface area (Å²) in [6, 6.07) is 12.6. The molecule has 3 atom stereocenters. The van der Waals surface area contributed by atoms with Gasteiger partial charge in [-0.25, -0.2) is 0 Å². The van der Waals surface area contributed by atoms with Crippen molar-refractivity contribution in [1.29, 1.82) is 0 Å². The summed E-state index contributed by atoms with van der Waals surface area (Å²) in [4.78, 5) is 22.5. The van der Waals surface area contributed by atoms with Crippen LogP contribution in [0.3, 0.4) is 0 Å². The number of nitro benzene ring substituents is 1. The Morgan fingerprint density at radius 2 is 2.08 bits per heavy atom. The van der Waals surface area contributed by atoms with Gasteiger partial charge in [0.15, 0.2) is 5.78 Å². The quantitative estimate of drug-likeness (QED) is 0.385. The molecule has 4 rings (SSSR count). The van der Waals surface area contributed by atoms with Crippen LogP contribution in [0.5, 0.6) is 0 Å². The van der Waals surface area contributed by atoms with Crippen molar-refractivity contribution >= 4 is 17.2 Å². The third-order valence-corrected chi connectivity index (χ3v) is 5.21. The van der Waals surface area contributed by atoms with Crippen molar-refractivity contribution in [2.45, 2.75) is 25.3 Å². The van der Waals surface area contributed by atoms with Crippen molar-refractivity contribution in [3.05, 3.63) is 81.4 Å². The monoisotopic (exact) mass is 334 g/mol. The summed E-state index contributed by atoms with van der Waals surface area (Å²) in [5.41, 5.74) is 3.88. The van der Waals surface area contributed by atoms with Crippen molar-refractivity contribution in [2.75, 3.05) is 5.32 Å². The number of Topliss-reactive ketones (excluding diaryl/α,β-unsaturated/α-hetero) is 1. The number of anilines is 1. The van der Waals surface area contributed by atoms with E-state index in [2.05, 4.69) is 17.5 Å². The maximum atomic E-state index is 11.7. The second-order valence-corrected chi connectivity index (χ2v) is 6.69. The van der Waals surface area contributed by atoms with Crippen LogP contribution >= 0.6 is 0 Å². The molecule has 1 aliphatic heterocycles. The normalized spacial score (nSPS) is 23.5. The van der Waals surface area contributed by atoms with Crippen LogP contribution in [0.2, 0.25) is 0 Å². The van der Waals surface area contributed by atoms with E-state index in [0.29, 0.717) is 5.56 Å². The third kappa shape index (κ3) is 2.61. The van der Waals surface area contributed by atoms with Gasteiger partial charge in [-0.1, -0.05) is 24.3 Å². The third-order valence-electron chi connectivity index (χ3n) is 5.21. The Hall–Kier alpha value is -2.95. The first-order chi connectivity index (χ1) is 12.0. The van der Waals surface area contributed by atoms with Crippen LogP contribution in [0.25, 0.3) is 0 Å². The number of fused-ring (bicyclic) bond motifs is 3. The standard InChI is InChI=1S/C20H18N2O3/c1-12(23)13-8-9-19-18(11-13)16-6-3-7-17(16)20(21-19)14-4-2-5-15(10-14)22(24)25/h2-6,8-11,16-17,20-21H,7H2,1H3/t16-,17-,20-/m0/s1. The highest BCUT2D eigenvalue weighted by atomic mass is 16.6. The minimum atomic E-state index is -0.357. The molecule has 5 nitrogen and oxygen atoms in total. The molecule has 0 spiro atoms. The van der Waals surface area contributed by atoms with Gasteiger partial charge in [0.05, 0.1) is 11.0 Å². The summed E-state index contributed by atoms with van der Waals surface area (Å²) in [5, 5.41) is 14.6. The highest BCUT2D eigenvalue weighted by Gasteiger charge is 2.38. The van der Waals surface area contributed by atoms with Crippen LogP contribution in [0, 0.1) is 16.0 Å². The van der Waals surface area contributed by atoms with Gasteiger partial charge in [0.1, 0.15) is 0 Å². The second kappa shape index (κ2) is 5.84. The van der Waals surface area contributed by atoms with E-state index in [-0.39, 0.29) is 34.3 Å². The highest BCUT2D eigenvalue weighted by molar-refractivity contribution is 5.95. The first kappa shape index (κ1) is 15.6. The van der Waals surface area contributed by atoms with Crippen molar-refractivity contribution < 1.29 is 9.72 Å². The molecule has 0 saturated heterocycles. The van der Waals surface area contributed by atoms with Crippen LogP contribution in [0.1, 0.15) is 46.8 Å². The molecule has 0 aromatic heterocycles. The Kier molecular flexibility index (Phi) is 3.64. The largest absolute Gasteiger partial charge is 0.378 e. The molecule has 2 aliphatic rings. The number of carbonyl (C=O) groups excluding carboxylic acids is 1. The first-order valence-electron chi connectivity index (χ1n) is 8.37. The summed E-state index contributed by atoms with van der Waals surface area (Å²) < 4.78 is 0. The average Bonchev–Trinajstić information content (AvgIpc) is 3.10. The molecule has 0 bridgehead atoms. The molecular formula is C20H18N2O3. The molecule has 5 heteroatoms. The van der Waals surface area contributed by atoms with Gasteiger partial charge in [-0.05, 0) is 48.6 Å². The van der Waals surface area contributed by atoms with E-state index < -0.39 is 0 Å². The van der Waals surface area contributed by atoms with Crippen LogP contribution in [-0.2, 0) is 0 Å². The Morgan fingerprint density at radius 3 is 2.84 bits per heavy atom. The van der Waals surface area contributed by atoms with Gasteiger partial charge in [0.25, 0.3) is 5.69 Å². The predicted octanol–water partition coefficient (Wildman–Crippen LogP) is 4.62. The fourth-order valence-corrected chi connectivity index (χ4v) is 3.98. The Bertz CT molecular complexity index is 904. The lowest BCUT2D eigenvalue weighted by Gasteiger charge is -2.37. The number of benzene rings is 2. The Labute approximate surface area is 145 Å². The number of hydrogen-bond donors (Lipinski definition) is 1. The summed E-state index contributed by atoms with van der Waals surface area (Å²) in [6.45, 7) is 1.58. The van der Waals surface area contributed by atoms with Gasteiger partial charge < -0.3 is 5.32 Å². The number of nitrogens with zero attached hydrogens (tertiary/aromatic N) is 1. The van der Waals surface area contributed by atoms with E-state index in [4.69, 9.17) is 0 Å². The number of allylic oxidation sites excluding steroid dienone is 2. The fourth-order valence-electron chi connectivity index (χ4n) is 3.98. The van der Waals surface area contributed by atoms with Gasteiger partial charge in [0, 0.05) is 29.3 Å². The Balaban J connectivity index is 1.77. The van der Waals surface area contributed by atoms with Gasteiger partial charge >= 0.3 is 0 Å². The topological polar surface area (TPSA) is 72.2 Å². The smallest absolute Gasteiger partial charge is 0.269 e. The maximum Gasteiger partial charge on any atom is 0.269 e. The summed E-state index contributed by atoms with van der Waals surface area (Å²) in [5.74, 6) is 0.568. The van der Waals surface area contributed by atoms with Gasteiger partial charge in [-0.3, -0.25) is 14.9 Å². The van der Waals surface area contributed by atoms with Crippen molar-refractivity contribution in [1.82, 2.24) is 0 Å². The van der Waals surface area contributed by atoms with Crippen LogP contribution in [-0.4, -0.2) is 10.7 Å². The first-order valence-corrected chi connectivity index (χ1v) is 8.37.